The second-order valence-electron chi connectivity index (χ2n) is 4.80. The van der Waals surface area contributed by atoms with E-state index in [0.717, 1.165) is 0 Å². The highest BCUT2D eigenvalue weighted by atomic mass is 35.5. The van der Waals surface area contributed by atoms with Crippen LogP contribution in [0.1, 0.15) is 11.5 Å². The molecule has 0 radical (unpaired) electrons. The number of nitrogens with one attached hydrogen (secondary N) is 1. The van der Waals surface area contributed by atoms with Crippen LogP contribution in [0.5, 0.6) is 0 Å². The molecule has 1 aliphatic rings. The van der Waals surface area contributed by atoms with Gasteiger partial charge in [0.2, 0.25) is 0 Å². The first-order valence-electron chi connectivity index (χ1n) is 6.22. The molecule has 108 valence electrons. The van der Waals surface area contributed by atoms with E-state index in [2.05, 4.69) is 5.32 Å². The van der Waals surface area contributed by atoms with Gasteiger partial charge in [-0.25, -0.2) is 0 Å². The molecule has 0 spiro atoms. The van der Waals surface area contributed by atoms with E-state index >= 15 is 0 Å². The minimum Gasteiger partial charge on any atom is -0.384 e. The maximum absolute atomic E-state index is 11.3. The highest BCUT2D eigenvalue weighted by Gasteiger charge is 2.32. The first-order valence-corrected chi connectivity index (χ1v) is 6.76. The summed E-state index contributed by atoms with van der Waals surface area (Å²) in [6.45, 7) is 0.515. The molecular weight excluding hydrogens is 298 g/mol. The van der Waals surface area contributed by atoms with Gasteiger partial charge in [0.25, 0.3) is 11.4 Å². The zero-order valence-corrected chi connectivity index (χ0v) is 11.5. The number of hydrogen-bond donors (Lipinski definition) is 1. The van der Waals surface area contributed by atoms with E-state index in [4.69, 9.17) is 11.6 Å². The van der Waals surface area contributed by atoms with Crippen LogP contribution in [-0.4, -0.2) is 22.3 Å². The number of benzene rings is 2. The van der Waals surface area contributed by atoms with Crippen molar-refractivity contribution >= 4 is 39.4 Å². The van der Waals surface area contributed by atoms with Crippen LogP contribution in [0.4, 0.5) is 17.1 Å². The summed E-state index contributed by atoms with van der Waals surface area (Å²) < 4.78 is 0. The van der Waals surface area contributed by atoms with Gasteiger partial charge in [-0.3, -0.25) is 20.2 Å². The SMILES string of the molecule is O=[N+]([O-])c1cc2c(c3c([N+](=O)[O-])cccc13)C(CCl)CN2. The fourth-order valence-corrected chi connectivity index (χ4v) is 3.07. The first kappa shape index (κ1) is 13.6. The third-order valence-corrected chi connectivity index (χ3v) is 4.06. The summed E-state index contributed by atoms with van der Waals surface area (Å²) in [4.78, 5) is 21.5. The highest BCUT2D eigenvalue weighted by Crippen LogP contribution is 2.45. The summed E-state index contributed by atoms with van der Waals surface area (Å²) in [7, 11) is 0. The van der Waals surface area contributed by atoms with E-state index in [0.29, 0.717) is 29.1 Å². The third kappa shape index (κ3) is 1.97. The summed E-state index contributed by atoms with van der Waals surface area (Å²) in [5, 5.41) is 26.1. The summed E-state index contributed by atoms with van der Waals surface area (Å²) in [5.41, 5.74) is 0.966. The number of non-ortho nitro benzene ring substituents is 2. The molecule has 0 saturated carbocycles. The van der Waals surface area contributed by atoms with Crippen molar-refractivity contribution in [1.29, 1.82) is 0 Å². The highest BCUT2D eigenvalue weighted by molar-refractivity contribution is 6.19. The molecule has 0 saturated heterocycles. The number of nitro benzene ring substituents is 2. The summed E-state index contributed by atoms with van der Waals surface area (Å²) >= 11 is 5.93. The van der Waals surface area contributed by atoms with Gasteiger partial charge in [-0.1, -0.05) is 6.07 Å². The molecule has 7 nitrogen and oxygen atoms in total. The Hall–Kier alpha value is -2.41. The maximum Gasteiger partial charge on any atom is 0.279 e. The molecule has 2 aromatic carbocycles. The summed E-state index contributed by atoms with van der Waals surface area (Å²) in [6, 6.07) is 5.77. The van der Waals surface area contributed by atoms with Crippen LogP contribution in [0.3, 0.4) is 0 Å². The number of anilines is 1. The second-order valence-corrected chi connectivity index (χ2v) is 5.11. The van der Waals surface area contributed by atoms with E-state index in [1.165, 1.54) is 24.3 Å². The molecule has 1 heterocycles. The van der Waals surface area contributed by atoms with E-state index in [1.54, 1.807) is 0 Å². The fourth-order valence-electron chi connectivity index (χ4n) is 2.80. The van der Waals surface area contributed by atoms with E-state index in [9.17, 15) is 20.2 Å². The number of fused-ring (bicyclic) bond motifs is 3. The lowest BCUT2D eigenvalue weighted by molar-refractivity contribution is -0.384. The van der Waals surface area contributed by atoms with Gasteiger partial charge in [0.1, 0.15) is 0 Å². The van der Waals surface area contributed by atoms with Crippen LogP contribution in [0, 0.1) is 20.2 Å². The lowest BCUT2D eigenvalue weighted by Gasteiger charge is -2.10. The molecule has 0 fully saturated rings. The largest absolute Gasteiger partial charge is 0.384 e. The number of nitro groups is 2. The van der Waals surface area contributed by atoms with Crippen LogP contribution in [0.15, 0.2) is 24.3 Å². The smallest absolute Gasteiger partial charge is 0.279 e. The normalized spacial score (nSPS) is 16.5. The maximum atomic E-state index is 11.3. The zero-order valence-electron chi connectivity index (χ0n) is 10.7. The van der Waals surface area contributed by atoms with Gasteiger partial charge in [0.05, 0.1) is 20.6 Å². The Morgan fingerprint density at radius 2 is 1.95 bits per heavy atom. The van der Waals surface area contributed by atoms with Crippen LogP contribution < -0.4 is 5.32 Å². The minimum atomic E-state index is -0.526. The van der Waals surface area contributed by atoms with Gasteiger partial charge < -0.3 is 5.32 Å². The van der Waals surface area contributed by atoms with Crippen molar-refractivity contribution in [3.63, 3.8) is 0 Å². The summed E-state index contributed by atoms with van der Waals surface area (Å²) in [5.74, 6) is 0.185. The molecule has 1 aliphatic heterocycles. The molecule has 0 bridgehead atoms. The minimum absolute atomic E-state index is 0.105. The Balaban J connectivity index is 2.48. The standard InChI is InChI=1S/C13H10ClN3O4/c14-5-7-6-15-9-4-11(17(20)21)8-2-1-3-10(16(18)19)13(8)12(7)9/h1-4,7,15H,5-6H2. The van der Waals surface area contributed by atoms with Crippen molar-refractivity contribution in [2.45, 2.75) is 5.92 Å². The number of nitrogens with zero attached hydrogens (tertiary/aromatic N) is 2. The van der Waals surface area contributed by atoms with Gasteiger partial charge in [-0.2, -0.15) is 0 Å². The quantitative estimate of drug-likeness (QED) is 0.532. The fraction of sp³-hybridized carbons (Fsp3) is 0.231. The van der Waals surface area contributed by atoms with Crippen molar-refractivity contribution in [3.8, 4) is 0 Å². The Bertz CT molecular complexity index is 778. The molecule has 21 heavy (non-hydrogen) atoms. The molecule has 0 amide bonds. The second kappa shape index (κ2) is 4.85. The molecule has 8 heteroatoms. The Labute approximate surface area is 123 Å². The van der Waals surface area contributed by atoms with E-state index < -0.39 is 9.85 Å². The molecule has 0 aromatic heterocycles. The molecule has 3 rings (SSSR count). The van der Waals surface area contributed by atoms with Gasteiger partial charge >= 0.3 is 0 Å². The number of halogens is 1. The van der Waals surface area contributed by atoms with E-state index in [1.807, 2.05) is 0 Å². The van der Waals surface area contributed by atoms with Crippen LogP contribution >= 0.6 is 11.6 Å². The Kier molecular flexibility index (Phi) is 3.13. The molecule has 0 aliphatic carbocycles. The predicted molar refractivity (Wildman–Crippen MR) is 79.2 cm³/mol. The monoisotopic (exact) mass is 307 g/mol. The van der Waals surface area contributed by atoms with E-state index in [-0.39, 0.29) is 22.7 Å². The average molecular weight is 308 g/mol. The van der Waals surface area contributed by atoms with Gasteiger partial charge in [-0.05, 0) is 11.6 Å². The molecule has 1 N–H and O–H groups in total. The van der Waals surface area contributed by atoms with Crippen molar-refractivity contribution in [3.05, 3.63) is 50.1 Å². The lowest BCUT2D eigenvalue weighted by atomic mass is 9.94. The van der Waals surface area contributed by atoms with Gasteiger partial charge in [0, 0.05) is 36.2 Å². The van der Waals surface area contributed by atoms with Crippen LogP contribution in [-0.2, 0) is 0 Å². The van der Waals surface area contributed by atoms with Crippen LogP contribution in [0.2, 0.25) is 0 Å². The topological polar surface area (TPSA) is 98.3 Å². The molecule has 1 unspecified atom stereocenters. The van der Waals surface area contributed by atoms with Crippen LogP contribution in [0.25, 0.3) is 10.8 Å². The predicted octanol–water partition coefficient (Wildman–Crippen LogP) is 3.40. The van der Waals surface area contributed by atoms with Gasteiger partial charge in [0.15, 0.2) is 0 Å². The average Bonchev–Trinajstić information content (AvgIpc) is 2.88. The zero-order chi connectivity index (χ0) is 15.1. The van der Waals surface area contributed by atoms with Crippen molar-refractivity contribution in [2.24, 2.45) is 0 Å². The van der Waals surface area contributed by atoms with Crippen molar-refractivity contribution < 1.29 is 9.85 Å². The van der Waals surface area contributed by atoms with Gasteiger partial charge in [-0.15, -0.1) is 11.6 Å². The summed E-state index contributed by atoms with van der Waals surface area (Å²) in [6.07, 6.45) is 0. The lowest BCUT2D eigenvalue weighted by Crippen LogP contribution is -2.03. The molecule has 1 atom stereocenters. The Morgan fingerprint density at radius 1 is 1.24 bits per heavy atom. The van der Waals surface area contributed by atoms with Crippen molar-refractivity contribution in [2.75, 3.05) is 17.7 Å². The molecule has 2 aromatic rings. The number of rotatable bonds is 3. The van der Waals surface area contributed by atoms with Crippen molar-refractivity contribution in [1.82, 2.24) is 0 Å². The number of hydrogen-bond acceptors (Lipinski definition) is 5. The molecular formula is C13H10ClN3O4. The first-order chi connectivity index (χ1) is 10.0. The Morgan fingerprint density at radius 3 is 2.57 bits per heavy atom. The number of alkyl halides is 1. The third-order valence-electron chi connectivity index (χ3n) is 3.69.